The maximum absolute atomic E-state index is 8.58. The normalized spacial score (nSPS) is 9.92. The first-order valence-corrected chi connectivity index (χ1v) is 3.44. The van der Waals surface area contributed by atoms with E-state index in [4.69, 9.17) is 11.0 Å². The van der Waals surface area contributed by atoms with Crippen molar-refractivity contribution in [2.75, 3.05) is 5.73 Å². The molecule has 2 N–H and O–H groups in total. The molecule has 2 aromatic rings. The highest BCUT2D eigenvalue weighted by Gasteiger charge is 1.99. The highest BCUT2D eigenvalue weighted by molar-refractivity contribution is 5.68. The summed E-state index contributed by atoms with van der Waals surface area (Å²) in [5.41, 5.74) is 7.63. The lowest BCUT2D eigenvalue weighted by Crippen LogP contribution is -1.88. The molecule has 2 rings (SSSR count). The van der Waals surface area contributed by atoms with Gasteiger partial charge in [-0.15, -0.1) is 0 Å². The summed E-state index contributed by atoms with van der Waals surface area (Å²) in [7, 11) is 0. The Morgan fingerprint density at radius 1 is 1.50 bits per heavy atom. The van der Waals surface area contributed by atoms with E-state index in [1.54, 1.807) is 29.0 Å². The molecule has 4 nitrogen and oxygen atoms in total. The van der Waals surface area contributed by atoms with Gasteiger partial charge in [0.2, 0.25) is 0 Å². The Kier molecular flexibility index (Phi) is 1.25. The topological polar surface area (TPSA) is 67.1 Å². The Morgan fingerprint density at radius 3 is 3.08 bits per heavy atom. The molecular weight excluding hydrogens is 152 g/mol. The fourth-order valence-electron chi connectivity index (χ4n) is 1.07. The molecule has 0 atom stereocenters. The van der Waals surface area contributed by atoms with Gasteiger partial charge in [-0.05, 0) is 12.1 Å². The molecule has 0 saturated heterocycles. The minimum absolute atomic E-state index is 0.575. The van der Waals surface area contributed by atoms with E-state index in [9.17, 15) is 0 Å². The van der Waals surface area contributed by atoms with Crippen LogP contribution in [0.4, 0.5) is 5.69 Å². The fraction of sp³-hybridized carbons (Fsp3) is 0. The Hall–Kier alpha value is -2.02. The first kappa shape index (κ1) is 6.68. The summed E-state index contributed by atoms with van der Waals surface area (Å²) < 4.78 is 1.59. The lowest BCUT2D eigenvalue weighted by atomic mass is 10.3. The third-order valence-corrected chi connectivity index (χ3v) is 1.68. The van der Waals surface area contributed by atoms with Crippen molar-refractivity contribution >= 4 is 11.2 Å². The lowest BCUT2D eigenvalue weighted by Gasteiger charge is -1.92. The predicted octanol–water partition coefficient (Wildman–Crippen LogP) is 0.788. The molecule has 2 aromatic heterocycles. The number of nitrogens with two attached hydrogens (primary N) is 1. The van der Waals surface area contributed by atoms with Crippen molar-refractivity contribution in [1.82, 2.24) is 9.61 Å². The van der Waals surface area contributed by atoms with Gasteiger partial charge in [0.05, 0.1) is 23.0 Å². The minimum Gasteiger partial charge on any atom is -0.396 e. The van der Waals surface area contributed by atoms with E-state index in [0.29, 0.717) is 11.3 Å². The zero-order valence-corrected chi connectivity index (χ0v) is 6.23. The van der Waals surface area contributed by atoms with Crippen LogP contribution in [0.1, 0.15) is 5.56 Å². The molecule has 0 aliphatic rings. The zero-order chi connectivity index (χ0) is 8.55. The molecule has 4 heteroatoms. The minimum atomic E-state index is 0.575. The largest absolute Gasteiger partial charge is 0.396 e. The number of nitriles is 1. The van der Waals surface area contributed by atoms with Crippen LogP contribution < -0.4 is 5.73 Å². The second-order valence-corrected chi connectivity index (χ2v) is 2.46. The molecule has 0 radical (unpaired) electrons. The molecule has 0 aliphatic carbocycles. The van der Waals surface area contributed by atoms with E-state index in [1.807, 2.05) is 6.07 Å². The van der Waals surface area contributed by atoms with Crippen molar-refractivity contribution in [3.63, 3.8) is 0 Å². The third-order valence-electron chi connectivity index (χ3n) is 1.68. The summed E-state index contributed by atoms with van der Waals surface area (Å²) >= 11 is 0. The second kappa shape index (κ2) is 2.24. The number of nitrogens with zero attached hydrogens (tertiary/aromatic N) is 3. The number of hydrogen-bond donors (Lipinski definition) is 1. The maximum atomic E-state index is 8.58. The van der Waals surface area contributed by atoms with Crippen molar-refractivity contribution in [1.29, 1.82) is 5.26 Å². The Bertz CT molecular complexity index is 463. The first-order valence-electron chi connectivity index (χ1n) is 3.44. The van der Waals surface area contributed by atoms with E-state index in [2.05, 4.69) is 5.10 Å². The van der Waals surface area contributed by atoms with Crippen molar-refractivity contribution in [3.05, 3.63) is 30.1 Å². The third kappa shape index (κ3) is 0.805. The highest BCUT2D eigenvalue weighted by Crippen LogP contribution is 2.12. The van der Waals surface area contributed by atoms with Crippen molar-refractivity contribution in [2.45, 2.75) is 0 Å². The summed E-state index contributed by atoms with van der Waals surface area (Å²) in [5.74, 6) is 0. The molecule has 0 bridgehead atoms. The van der Waals surface area contributed by atoms with Gasteiger partial charge in [0.1, 0.15) is 6.07 Å². The maximum Gasteiger partial charge on any atom is 0.101 e. The van der Waals surface area contributed by atoms with Gasteiger partial charge in [-0.25, -0.2) is 4.52 Å². The van der Waals surface area contributed by atoms with E-state index < -0.39 is 0 Å². The van der Waals surface area contributed by atoms with Crippen LogP contribution in [0.25, 0.3) is 5.52 Å². The predicted molar refractivity (Wildman–Crippen MR) is 44.3 cm³/mol. The smallest absolute Gasteiger partial charge is 0.101 e. The summed E-state index contributed by atoms with van der Waals surface area (Å²) in [5, 5.41) is 12.5. The monoisotopic (exact) mass is 158 g/mol. The standard InChI is InChI=1S/C8H6N4/c9-3-6-1-2-8-7(10)4-11-12(8)5-6/h1-2,4-5H,10H2. The molecule has 0 fully saturated rings. The molecule has 0 spiro atoms. The first-order chi connectivity index (χ1) is 5.81. The van der Waals surface area contributed by atoms with Crippen molar-refractivity contribution in [2.24, 2.45) is 0 Å². The number of hydrogen-bond acceptors (Lipinski definition) is 3. The van der Waals surface area contributed by atoms with Crippen LogP contribution in [-0.2, 0) is 0 Å². The molecule has 0 amide bonds. The van der Waals surface area contributed by atoms with E-state index >= 15 is 0 Å². The lowest BCUT2D eigenvalue weighted by molar-refractivity contribution is 0.957. The molecular formula is C8H6N4. The van der Waals surface area contributed by atoms with Gasteiger partial charge in [0.25, 0.3) is 0 Å². The molecule has 58 valence electrons. The molecule has 0 unspecified atom stereocenters. The summed E-state index contributed by atoms with van der Waals surface area (Å²) in [6.07, 6.45) is 3.21. The van der Waals surface area contributed by atoms with Gasteiger partial charge in [0.15, 0.2) is 0 Å². The Morgan fingerprint density at radius 2 is 2.33 bits per heavy atom. The Balaban J connectivity index is 2.80. The van der Waals surface area contributed by atoms with Crippen LogP contribution in [0.3, 0.4) is 0 Å². The zero-order valence-electron chi connectivity index (χ0n) is 6.23. The van der Waals surface area contributed by atoms with Gasteiger partial charge < -0.3 is 5.73 Å². The van der Waals surface area contributed by atoms with Crippen LogP contribution in [0.5, 0.6) is 0 Å². The quantitative estimate of drug-likeness (QED) is 0.616. The highest BCUT2D eigenvalue weighted by atomic mass is 15.2. The van der Waals surface area contributed by atoms with E-state index in [-0.39, 0.29) is 0 Å². The van der Waals surface area contributed by atoms with E-state index in [1.165, 1.54) is 0 Å². The average molecular weight is 158 g/mol. The van der Waals surface area contributed by atoms with E-state index in [0.717, 1.165) is 5.52 Å². The SMILES string of the molecule is N#Cc1ccc2c(N)cnn2c1. The van der Waals surface area contributed by atoms with Gasteiger partial charge in [-0.2, -0.15) is 10.4 Å². The van der Waals surface area contributed by atoms with Crippen LogP contribution in [-0.4, -0.2) is 9.61 Å². The van der Waals surface area contributed by atoms with Crippen LogP contribution in [0.15, 0.2) is 24.5 Å². The molecule has 12 heavy (non-hydrogen) atoms. The molecule has 0 aliphatic heterocycles. The second-order valence-electron chi connectivity index (χ2n) is 2.46. The number of aromatic nitrogens is 2. The van der Waals surface area contributed by atoms with Crippen LogP contribution in [0, 0.1) is 11.3 Å². The Labute approximate surface area is 68.8 Å². The summed E-state index contributed by atoms with van der Waals surface area (Å²) in [6, 6.07) is 5.52. The van der Waals surface area contributed by atoms with Gasteiger partial charge in [-0.1, -0.05) is 0 Å². The average Bonchev–Trinajstić information content (AvgIpc) is 2.47. The number of pyridine rings is 1. The fourth-order valence-corrected chi connectivity index (χ4v) is 1.07. The summed E-state index contributed by atoms with van der Waals surface area (Å²) in [4.78, 5) is 0. The van der Waals surface area contributed by atoms with Crippen LogP contribution >= 0.6 is 0 Å². The molecule has 0 aromatic carbocycles. The number of rotatable bonds is 0. The van der Waals surface area contributed by atoms with Gasteiger partial charge >= 0.3 is 0 Å². The molecule has 0 saturated carbocycles. The number of anilines is 1. The summed E-state index contributed by atoms with van der Waals surface area (Å²) in [6.45, 7) is 0. The van der Waals surface area contributed by atoms with Crippen molar-refractivity contribution < 1.29 is 0 Å². The van der Waals surface area contributed by atoms with Crippen molar-refractivity contribution in [3.8, 4) is 6.07 Å². The van der Waals surface area contributed by atoms with Crippen LogP contribution in [0.2, 0.25) is 0 Å². The van der Waals surface area contributed by atoms with Gasteiger partial charge in [0, 0.05) is 6.20 Å². The molecule has 2 heterocycles. The number of nitrogen functional groups attached to an aromatic ring is 1. The van der Waals surface area contributed by atoms with Gasteiger partial charge in [-0.3, -0.25) is 0 Å². The number of fused-ring (bicyclic) bond motifs is 1.